The molecule has 2 heterocycles. The van der Waals surface area contributed by atoms with Crippen LogP contribution in [-0.4, -0.2) is 72.9 Å². The minimum absolute atomic E-state index is 0.00137. The molecule has 26 heavy (non-hydrogen) atoms. The van der Waals surface area contributed by atoms with Crippen molar-refractivity contribution in [1.82, 2.24) is 9.80 Å². The van der Waals surface area contributed by atoms with Gasteiger partial charge in [0, 0.05) is 45.2 Å². The molecule has 4 unspecified atom stereocenters. The maximum absolute atomic E-state index is 12.6. The summed E-state index contributed by atoms with van der Waals surface area (Å²) >= 11 is 0. The van der Waals surface area contributed by atoms with E-state index in [0.29, 0.717) is 0 Å². The molecule has 0 amide bonds. The van der Waals surface area contributed by atoms with E-state index in [1.165, 1.54) is 11.1 Å². The maximum atomic E-state index is 12.6. The van der Waals surface area contributed by atoms with E-state index in [4.69, 9.17) is 9.84 Å². The van der Waals surface area contributed by atoms with E-state index < -0.39 is 0 Å². The second-order valence-electron chi connectivity index (χ2n) is 8.80. The molecule has 0 aromatic rings. The number of allylic oxidation sites excluding steroid dienone is 3. The first-order valence-corrected chi connectivity index (χ1v) is 10.2. The molecule has 0 aromatic heterocycles. The van der Waals surface area contributed by atoms with E-state index in [1.54, 1.807) is 0 Å². The lowest BCUT2D eigenvalue weighted by molar-refractivity contribution is -0.145. The van der Waals surface area contributed by atoms with Crippen LogP contribution in [0.2, 0.25) is 0 Å². The molecule has 2 aliphatic heterocycles. The van der Waals surface area contributed by atoms with Gasteiger partial charge in [-0.15, -0.1) is 0 Å². The highest BCUT2D eigenvalue weighted by Crippen LogP contribution is 2.52. The van der Waals surface area contributed by atoms with Gasteiger partial charge in [0.2, 0.25) is 0 Å². The number of esters is 1. The number of β-amino-alcohol motifs (C(OH)–C–C–N with tert-alkyl or cyclic N) is 1. The smallest absolute Gasteiger partial charge is 0.311 e. The molecular weight excluding hydrogens is 328 g/mol. The van der Waals surface area contributed by atoms with Crippen LogP contribution in [0.5, 0.6) is 0 Å². The number of carbonyl (C=O) groups is 1. The fourth-order valence-corrected chi connectivity index (χ4v) is 5.45. The molecular formula is C21H32N2O3. The molecule has 1 N–H and O–H groups in total. The SMILES string of the molecule is CC1=CCCC2(C)CC3OC(=O)C(CN4CCN(CCO)CC4)C3C=C12. The standard InChI is InChI=1S/C21H32N2O3/c1-15-4-3-5-21(2)13-19-16(12-18(15)21)17(20(25)26-19)14-23-8-6-22(7-9-23)10-11-24/h4,12,16-17,19,24H,3,5-11,13-14H2,1-2H3. The second-order valence-corrected chi connectivity index (χ2v) is 8.80. The Bertz CT molecular complexity index is 621. The van der Waals surface area contributed by atoms with Crippen molar-refractivity contribution in [2.24, 2.45) is 17.3 Å². The predicted molar refractivity (Wildman–Crippen MR) is 101 cm³/mol. The van der Waals surface area contributed by atoms with Crippen LogP contribution in [0.1, 0.15) is 33.1 Å². The van der Waals surface area contributed by atoms with Gasteiger partial charge in [0.1, 0.15) is 6.10 Å². The van der Waals surface area contributed by atoms with Gasteiger partial charge in [-0.1, -0.05) is 24.6 Å². The van der Waals surface area contributed by atoms with Crippen LogP contribution in [0.25, 0.3) is 0 Å². The Balaban J connectivity index is 1.47. The van der Waals surface area contributed by atoms with Crippen LogP contribution < -0.4 is 0 Å². The Morgan fingerprint density at radius 2 is 2.00 bits per heavy atom. The molecule has 4 aliphatic rings. The van der Waals surface area contributed by atoms with Crippen molar-refractivity contribution in [1.29, 1.82) is 0 Å². The normalized spacial score (nSPS) is 38.3. The van der Waals surface area contributed by atoms with Crippen molar-refractivity contribution in [3.63, 3.8) is 0 Å². The Morgan fingerprint density at radius 3 is 2.73 bits per heavy atom. The van der Waals surface area contributed by atoms with E-state index >= 15 is 0 Å². The molecule has 4 rings (SSSR count). The van der Waals surface area contributed by atoms with Gasteiger partial charge in [-0.25, -0.2) is 0 Å². The first-order valence-electron chi connectivity index (χ1n) is 10.2. The topological polar surface area (TPSA) is 53.0 Å². The Labute approximate surface area is 156 Å². The number of piperazine rings is 1. The van der Waals surface area contributed by atoms with Crippen LogP contribution in [0.4, 0.5) is 0 Å². The minimum atomic E-state index is -0.0313. The zero-order valence-corrected chi connectivity index (χ0v) is 16.1. The van der Waals surface area contributed by atoms with E-state index in [-0.39, 0.29) is 35.9 Å². The highest BCUT2D eigenvalue weighted by Gasteiger charge is 2.51. The second kappa shape index (κ2) is 7.10. The van der Waals surface area contributed by atoms with E-state index in [2.05, 4.69) is 35.8 Å². The monoisotopic (exact) mass is 360 g/mol. The van der Waals surface area contributed by atoms with Crippen LogP contribution >= 0.6 is 0 Å². The summed E-state index contributed by atoms with van der Waals surface area (Å²) in [5.74, 6) is 0.192. The van der Waals surface area contributed by atoms with E-state index in [1.807, 2.05) is 0 Å². The van der Waals surface area contributed by atoms with Gasteiger partial charge < -0.3 is 9.84 Å². The number of hydrogen-bond acceptors (Lipinski definition) is 5. The van der Waals surface area contributed by atoms with Crippen LogP contribution in [-0.2, 0) is 9.53 Å². The van der Waals surface area contributed by atoms with Crippen molar-refractivity contribution in [2.45, 2.75) is 39.2 Å². The number of hydrogen-bond donors (Lipinski definition) is 1. The number of rotatable bonds is 4. The number of ether oxygens (including phenoxy) is 1. The van der Waals surface area contributed by atoms with Crippen molar-refractivity contribution in [3.05, 3.63) is 23.3 Å². The zero-order chi connectivity index (χ0) is 18.3. The largest absolute Gasteiger partial charge is 0.461 e. The van der Waals surface area contributed by atoms with Crippen LogP contribution in [0.3, 0.4) is 0 Å². The Kier molecular flexibility index (Phi) is 4.97. The first-order chi connectivity index (χ1) is 12.5. The van der Waals surface area contributed by atoms with Crippen LogP contribution in [0.15, 0.2) is 23.3 Å². The molecule has 2 saturated heterocycles. The fraction of sp³-hybridized carbons (Fsp3) is 0.762. The summed E-state index contributed by atoms with van der Waals surface area (Å²) in [5, 5.41) is 9.09. The fourth-order valence-electron chi connectivity index (χ4n) is 5.45. The van der Waals surface area contributed by atoms with Gasteiger partial charge in [-0.2, -0.15) is 0 Å². The van der Waals surface area contributed by atoms with Gasteiger partial charge in [-0.3, -0.25) is 14.6 Å². The molecule has 144 valence electrons. The highest BCUT2D eigenvalue weighted by molar-refractivity contribution is 5.76. The third-order valence-corrected chi connectivity index (χ3v) is 7.03. The number of nitrogens with zero attached hydrogens (tertiary/aromatic N) is 2. The van der Waals surface area contributed by atoms with Crippen molar-refractivity contribution in [3.8, 4) is 0 Å². The lowest BCUT2D eigenvalue weighted by Gasteiger charge is -2.43. The van der Waals surface area contributed by atoms with Crippen molar-refractivity contribution < 1.29 is 14.6 Å². The third-order valence-electron chi connectivity index (χ3n) is 7.03. The summed E-state index contributed by atoms with van der Waals surface area (Å²) in [6, 6.07) is 0. The lowest BCUT2D eigenvalue weighted by atomic mass is 9.62. The highest BCUT2D eigenvalue weighted by atomic mass is 16.6. The third kappa shape index (κ3) is 3.25. The average molecular weight is 360 g/mol. The Hall–Kier alpha value is -1.17. The van der Waals surface area contributed by atoms with Crippen molar-refractivity contribution >= 4 is 5.97 Å². The van der Waals surface area contributed by atoms with Gasteiger partial charge in [0.05, 0.1) is 12.5 Å². The Morgan fingerprint density at radius 1 is 1.27 bits per heavy atom. The van der Waals surface area contributed by atoms with Gasteiger partial charge in [-0.05, 0) is 37.2 Å². The van der Waals surface area contributed by atoms with Gasteiger partial charge in [0.25, 0.3) is 0 Å². The first kappa shape index (κ1) is 18.2. The predicted octanol–water partition coefficient (Wildman–Crippen LogP) is 1.83. The van der Waals surface area contributed by atoms with Crippen LogP contribution in [0, 0.1) is 17.3 Å². The van der Waals surface area contributed by atoms with Gasteiger partial charge >= 0.3 is 5.97 Å². The summed E-state index contributed by atoms with van der Waals surface area (Å²) in [6.07, 6.45) is 8.06. The molecule has 0 radical (unpaired) electrons. The molecule has 0 bridgehead atoms. The number of aliphatic hydroxyl groups is 1. The number of fused-ring (bicyclic) bond motifs is 2. The number of carbonyl (C=O) groups excluding carboxylic acids is 1. The molecule has 0 aromatic carbocycles. The van der Waals surface area contributed by atoms with E-state index in [9.17, 15) is 4.79 Å². The summed E-state index contributed by atoms with van der Waals surface area (Å²) in [4.78, 5) is 17.3. The molecule has 5 heteroatoms. The minimum Gasteiger partial charge on any atom is -0.461 e. The zero-order valence-electron chi connectivity index (χ0n) is 16.1. The van der Waals surface area contributed by atoms with Crippen molar-refractivity contribution in [2.75, 3.05) is 45.9 Å². The quantitative estimate of drug-likeness (QED) is 0.775. The van der Waals surface area contributed by atoms with Gasteiger partial charge in [0.15, 0.2) is 0 Å². The molecule has 2 fully saturated rings. The average Bonchev–Trinajstić information content (AvgIpc) is 2.89. The molecule has 0 spiro atoms. The molecule has 2 aliphatic carbocycles. The summed E-state index contributed by atoms with van der Waals surface area (Å²) in [6.45, 7) is 10.2. The molecule has 0 saturated carbocycles. The lowest BCUT2D eigenvalue weighted by Crippen LogP contribution is -2.49. The summed E-state index contributed by atoms with van der Waals surface area (Å²) < 4.78 is 5.86. The number of aliphatic hydroxyl groups excluding tert-OH is 1. The summed E-state index contributed by atoms with van der Waals surface area (Å²) in [5.41, 5.74) is 3.03. The summed E-state index contributed by atoms with van der Waals surface area (Å²) in [7, 11) is 0. The van der Waals surface area contributed by atoms with E-state index in [0.717, 1.165) is 58.5 Å². The maximum Gasteiger partial charge on any atom is 0.311 e. The molecule has 5 nitrogen and oxygen atoms in total. The molecule has 4 atom stereocenters.